The number of benzene rings is 3. The Kier molecular flexibility index (Phi) is 5.55. The van der Waals surface area contributed by atoms with Crippen molar-refractivity contribution in [1.29, 1.82) is 0 Å². The number of aryl methyl sites for hydroxylation is 2. The Morgan fingerprint density at radius 1 is 0.963 bits per heavy atom. The van der Waals surface area contributed by atoms with Crippen molar-refractivity contribution in [2.75, 3.05) is 5.32 Å². The van der Waals surface area contributed by atoms with Crippen LogP contribution in [-0.4, -0.2) is 17.7 Å². The first-order valence-corrected chi connectivity index (χ1v) is 9.11. The lowest BCUT2D eigenvalue weighted by molar-refractivity contribution is -0.121. The summed E-state index contributed by atoms with van der Waals surface area (Å²) in [5.41, 5.74) is 7.70. The third-order valence-electron chi connectivity index (χ3n) is 4.65. The van der Waals surface area contributed by atoms with Crippen molar-refractivity contribution >= 4 is 28.1 Å². The number of carbonyl (C=O) groups is 1. The Bertz CT molecular complexity index is 1010. The van der Waals surface area contributed by atoms with Gasteiger partial charge in [-0.15, -0.1) is 0 Å². The van der Waals surface area contributed by atoms with Crippen molar-refractivity contribution in [2.24, 2.45) is 5.10 Å². The summed E-state index contributed by atoms with van der Waals surface area (Å²) >= 11 is 0. The lowest BCUT2D eigenvalue weighted by Crippen LogP contribution is -2.35. The van der Waals surface area contributed by atoms with Crippen LogP contribution < -0.4 is 10.7 Å². The predicted molar refractivity (Wildman–Crippen MR) is 113 cm³/mol. The molecular weight excluding hydrogens is 334 g/mol. The van der Waals surface area contributed by atoms with Gasteiger partial charge in [0, 0.05) is 5.69 Å². The van der Waals surface area contributed by atoms with Gasteiger partial charge < -0.3 is 5.32 Å². The maximum absolute atomic E-state index is 12.4. The highest BCUT2D eigenvalue weighted by molar-refractivity contribution is 6.02. The Hall–Kier alpha value is -3.14. The highest BCUT2D eigenvalue weighted by Crippen LogP contribution is 2.17. The third-order valence-corrected chi connectivity index (χ3v) is 4.65. The average molecular weight is 359 g/mol. The van der Waals surface area contributed by atoms with E-state index in [0.29, 0.717) is 0 Å². The molecule has 0 aliphatic rings. The molecule has 3 rings (SSSR count). The molecule has 0 heterocycles. The van der Waals surface area contributed by atoms with Crippen molar-refractivity contribution in [3.63, 3.8) is 0 Å². The van der Waals surface area contributed by atoms with E-state index in [0.717, 1.165) is 27.9 Å². The summed E-state index contributed by atoms with van der Waals surface area (Å²) in [6.45, 7) is 7.81. The van der Waals surface area contributed by atoms with Crippen molar-refractivity contribution < 1.29 is 4.79 Å². The zero-order chi connectivity index (χ0) is 19.4. The number of nitrogens with one attached hydrogen (secondary N) is 2. The van der Waals surface area contributed by atoms with Crippen LogP contribution in [0.25, 0.3) is 10.8 Å². The quantitative estimate of drug-likeness (QED) is 0.508. The van der Waals surface area contributed by atoms with E-state index in [1.807, 2.05) is 51.1 Å². The predicted octanol–water partition coefficient (Wildman–Crippen LogP) is 4.80. The summed E-state index contributed by atoms with van der Waals surface area (Å²) in [5.74, 6) is -0.171. The zero-order valence-electron chi connectivity index (χ0n) is 16.2. The van der Waals surface area contributed by atoms with Gasteiger partial charge in [0.15, 0.2) is 0 Å². The number of rotatable bonds is 5. The number of hydrazone groups is 1. The minimum Gasteiger partial charge on any atom is -0.374 e. The molecule has 0 aliphatic carbocycles. The van der Waals surface area contributed by atoms with Gasteiger partial charge in [0.05, 0.1) is 5.71 Å². The van der Waals surface area contributed by atoms with Crippen molar-refractivity contribution in [1.82, 2.24) is 5.43 Å². The van der Waals surface area contributed by atoms with Crippen LogP contribution in [0.4, 0.5) is 5.69 Å². The van der Waals surface area contributed by atoms with Crippen molar-refractivity contribution in [3.05, 3.63) is 77.4 Å². The monoisotopic (exact) mass is 359 g/mol. The molecule has 138 valence electrons. The van der Waals surface area contributed by atoms with E-state index in [-0.39, 0.29) is 11.9 Å². The fourth-order valence-corrected chi connectivity index (χ4v) is 2.99. The zero-order valence-corrected chi connectivity index (χ0v) is 16.2. The SMILES string of the molecule is C/C(=N\NC(=O)C(C)Nc1ccc(C)cc1C)c1ccc2ccccc2c1. The Balaban J connectivity index is 1.67. The van der Waals surface area contributed by atoms with Crippen molar-refractivity contribution in [2.45, 2.75) is 33.7 Å². The smallest absolute Gasteiger partial charge is 0.262 e. The van der Waals surface area contributed by atoms with Crippen LogP contribution in [-0.2, 0) is 4.79 Å². The molecule has 0 spiro atoms. The van der Waals surface area contributed by atoms with Crippen LogP contribution >= 0.6 is 0 Å². The summed E-state index contributed by atoms with van der Waals surface area (Å²) in [6, 6.07) is 20.1. The molecule has 0 aliphatic heterocycles. The second-order valence-electron chi connectivity index (χ2n) is 6.92. The van der Waals surface area contributed by atoms with Crippen LogP contribution in [0.3, 0.4) is 0 Å². The van der Waals surface area contributed by atoms with Crippen molar-refractivity contribution in [3.8, 4) is 0 Å². The maximum Gasteiger partial charge on any atom is 0.262 e. The van der Waals surface area contributed by atoms with Crippen LogP contribution in [0.15, 0.2) is 65.8 Å². The second-order valence-corrected chi connectivity index (χ2v) is 6.92. The van der Waals surface area contributed by atoms with E-state index in [2.05, 4.69) is 53.1 Å². The molecule has 4 heteroatoms. The minimum absolute atomic E-state index is 0.171. The number of amides is 1. The second kappa shape index (κ2) is 8.04. The van der Waals surface area contributed by atoms with Gasteiger partial charge in [-0.1, -0.05) is 54.1 Å². The van der Waals surface area contributed by atoms with Gasteiger partial charge in [-0.2, -0.15) is 5.10 Å². The molecular formula is C23H25N3O. The van der Waals surface area contributed by atoms with Gasteiger partial charge in [-0.25, -0.2) is 5.43 Å². The molecule has 1 amide bonds. The normalized spacial score (nSPS) is 12.7. The standard InChI is InChI=1S/C23H25N3O/c1-15-9-12-22(16(2)13-15)24-18(4)23(27)26-25-17(3)20-11-10-19-7-5-6-8-21(19)14-20/h5-14,18,24H,1-4H3,(H,26,27)/b25-17+. The molecule has 2 N–H and O–H groups in total. The average Bonchev–Trinajstić information content (AvgIpc) is 2.67. The Labute approximate surface area is 160 Å². The summed E-state index contributed by atoms with van der Waals surface area (Å²) in [7, 11) is 0. The molecule has 4 nitrogen and oxygen atoms in total. The first-order valence-electron chi connectivity index (χ1n) is 9.11. The molecule has 3 aromatic rings. The van der Waals surface area contributed by atoms with Crippen LogP contribution in [0.2, 0.25) is 0 Å². The number of carbonyl (C=O) groups excluding carboxylic acids is 1. The molecule has 0 aromatic heterocycles. The first-order chi connectivity index (χ1) is 12.9. The van der Waals surface area contributed by atoms with E-state index >= 15 is 0 Å². The van der Waals surface area contributed by atoms with Crippen LogP contribution in [0.1, 0.15) is 30.5 Å². The van der Waals surface area contributed by atoms with Gasteiger partial charge in [0.1, 0.15) is 6.04 Å². The highest BCUT2D eigenvalue weighted by Gasteiger charge is 2.13. The van der Waals surface area contributed by atoms with Crippen LogP contribution in [0.5, 0.6) is 0 Å². The summed E-state index contributed by atoms with van der Waals surface area (Å²) in [4.78, 5) is 12.4. The largest absolute Gasteiger partial charge is 0.374 e. The molecule has 27 heavy (non-hydrogen) atoms. The number of hydrogen-bond donors (Lipinski definition) is 2. The summed E-state index contributed by atoms with van der Waals surface area (Å²) in [5, 5.41) is 9.86. The molecule has 0 radical (unpaired) electrons. The lowest BCUT2D eigenvalue weighted by atomic mass is 10.0. The van der Waals surface area contributed by atoms with E-state index in [9.17, 15) is 4.79 Å². The van der Waals surface area contributed by atoms with Crippen LogP contribution in [0, 0.1) is 13.8 Å². The summed E-state index contributed by atoms with van der Waals surface area (Å²) in [6.07, 6.45) is 0. The molecule has 1 unspecified atom stereocenters. The number of fused-ring (bicyclic) bond motifs is 1. The van der Waals surface area contributed by atoms with E-state index in [1.165, 1.54) is 10.9 Å². The number of hydrogen-bond acceptors (Lipinski definition) is 3. The Morgan fingerprint density at radius 3 is 2.44 bits per heavy atom. The molecule has 0 saturated heterocycles. The van der Waals surface area contributed by atoms with Gasteiger partial charge in [0.25, 0.3) is 5.91 Å². The van der Waals surface area contributed by atoms with Gasteiger partial charge >= 0.3 is 0 Å². The minimum atomic E-state index is -0.389. The van der Waals surface area contributed by atoms with Gasteiger partial charge in [-0.3, -0.25) is 4.79 Å². The van der Waals surface area contributed by atoms with Gasteiger partial charge in [-0.05, 0) is 61.7 Å². The van der Waals surface area contributed by atoms with Gasteiger partial charge in [0.2, 0.25) is 0 Å². The molecule has 0 fully saturated rings. The van der Waals surface area contributed by atoms with E-state index < -0.39 is 0 Å². The fraction of sp³-hybridized carbons (Fsp3) is 0.217. The third kappa shape index (κ3) is 4.53. The Morgan fingerprint density at radius 2 is 1.70 bits per heavy atom. The number of nitrogens with zero attached hydrogens (tertiary/aromatic N) is 1. The summed E-state index contributed by atoms with van der Waals surface area (Å²) < 4.78 is 0. The molecule has 1 atom stereocenters. The highest BCUT2D eigenvalue weighted by atomic mass is 16.2. The number of anilines is 1. The fourth-order valence-electron chi connectivity index (χ4n) is 2.99. The first kappa shape index (κ1) is 18.6. The lowest BCUT2D eigenvalue weighted by Gasteiger charge is -2.16. The van der Waals surface area contributed by atoms with E-state index in [4.69, 9.17) is 0 Å². The van der Waals surface area contributed by atoms with E-state index in [1.54, 1.807) is 0 Å². The molecule has 0 saturated carbocycles. The maximum atomic E-state index is 12.4. The topological polar surface area (TPSA) is 53.5 Å². The molecule has 3 aromatic carbocycles. The molecule has 0 bridgehead atoms.